The fourth-order valence-electron chi connectivity index (χ4n) is 5.88. The maximum Gasteiger partial charge on any atom is 0.227 e. The van der Waals surface area contributed by atoms with Crippen LogP contribution in [0.5, 0.6) is 11.5 Å². The molecule has 1 unspecified atom stereocenters. The smallest absolute Gasteiger partial charge is 0.227 e. The number of nitrogens with zero attached hydrogens (tertiary/aromatic N) is 3. The van der Waals surface area contributed by atoms with Gasteiger partial charge >= 0.3 is 0 Å². The van der Waals surface area contributed by atoms with E-state index in [2.05, 4.69) is 34.1 Å². The van der Waals surface area contributed by atoms with Crippen LogP contribution in [-0.4, -0.2) is 60.7 Å². The van der Waals surface area contributed by atoms with Crippen LogP contribution < -0.4 is 14.4 Å². The number of hydrogen-bond acceptors (Lipinski definition) is 5. The van der Waals surface area contributed by atoms with Crippen molar-refractivity contribution in [1.82, 2.24) is 9.88 Å². The Morgan fingerprint density at radius 1 is 1.11 bits per heavy atom. The van der Waals surface area contributed by atoms with Gasteiger partial charge < -0.3 is 19.8 Å². The lowest BCUT2D eigenvalue weighted by atomic mass is 9.89. The molecule has 0 saturated carbocycles. The summed E-state index contributed by atoms with van der Waals surface area (Å²) < 4.78 is 12.6. The number of anilines is 1. The first-order valence-corrected chi connectivity index (χ1v) is 12.8. The second kappa shape index (κ2) is 10.1. The molecule has 1 saturated heterocycles. The van der Waals surface area contributed by atoms with Gasteiger partial charge in [0.25, 0.3) is 0 Å². The van der Waals surface area contributed by atoms with Crippen molar-refractivity contribution in [2.45, 2.75) is 45.1 Å². The van der Waals surface area contributed by atoms with Crippen molar-refractivity contribution >= 4 is 22.5 Å². The highest BCUT2D eigenvalue weighted by molar-refractivity contribution is 5.96. The first kappa shape index (κ1) is 24.5. The van der Waals surface area contributed by atoms with Crippen molar-refractivity contribution in [2.24, 2.45) is 5.92 Å². The van der Waals surface area contributed by atoms with E-state index in [1.165, 1.54) is 24.0 Å². The van der Waals surface area contributed by atoms with E-state index >= 15 is 0 Å². The third kappa shape index (κ3) is 4.77. The number of likely N-dealkylation sites (tertiary alicyclic amines) is 1. The third-order valence-corrected chi connectivity index (χ3v) is 7.72. The van der Waals surface area contributed by atoms with Gasteiger partial charge in [0.05, 0.1) is 5.52 Å². The van der Waals surface area contributed by atoms with E-state index in [9.17, 15) is 4.79 Å². The molecule has 3 aromatic rings. The second-order valence-corrected chi connectivity index (χ2v) is 10.4. The highest BCUT2D eigenvalue weighted by atomic mass is 16.6. The van der Waals surface area contributed by atoms with E-state index in [4.69, 9.17) is 9.47 Å². The Labute approximate surface area is 212 Å². The topological polar surface area (TPSA) is 86.4 Å². The number of rotatable bonds is 4. The Hall–Kier alpha value is -3.16. The molecule has 2 atom stereocenters. The molecule has 3 aliphatic heterocycles. The number of pyridine rings is 1. The average Bonchev–Trinajstić information content (AvgIpc) is 2.86. The zero-order valence-corrected chi connectivity index (χ0v) is 21.1. The van der Waals surface area contributed by atoms with Crippen molar-refractivity contribution in [3.8, 4) is 11.5 Å². The number of aromatic nitrogens is 1. The van der Waals surface area contributed by atoms with E-state index in [1.807, 2.05) is 37.1 Å². The number of fused-ring (bicyclic) bond motifs is 4. The van der Waals surface area contributed by atoms with Crippen LogP contribution in [0.1, 0.15) is 36.1 Å². The van der Waals surface area contributed by atoms with Gasteiger partial charge in [0.2, 0.25) is 5.91 Å². The molecule has 7 nitrogen and oxygen atoms in total. The molecule has 2 N–H and O–H groups in total. The molecule has 0 bridgehead atoms. The van der Waals surface area contributed by atoms with Crippen LogP contribution in [-0.2, 0) is 17.6 Å². The molecule has 36 heavy (non-hydrogen) atoms. The zero-order valence-electron chi connectivity index (χ0n) is 21.1. The summed E-state index contributed by atoms with van der Waals surface area (Å²) in [6.45, 7) is 5.61. The summed E-state index contributed by atoms with van der Waals surface area (Å²) in [6, 6.07) is 14.8. The number of carbonyl (C=O) groups is 1. The lowest BCUT2D eigenvalue weighted by Crippen LogP contribution is -2.45. The fourth-order valence-corrected chi connectivity index (χ4v) is 5.88. The van der Waals surface area contributed by atoms with Crippen molar-refractivity contribution in [3.63, 3.8) is 0 Å². The molecule has 0 aliphatic carbocycles. The van der Waals surface area contributed by atoms with E-state index in [-0.39, 0.29) is 17.5 Å². The summed E-state index contributed by atoms with van der Waals surface area (Å²) in [7, 11) is 1.90. The monoisotopic (exact) mass is 489 g/mol. The number of carbonyl (C=O) groups excluding carboxylic acids is 1. The van der Waals surface area contributed by atoms with Crippen LogP contribution in [0.25, 0.3) is 10.9 Å². The van der Waals surface area contributed by atoms with Crippen LogP contribution in [0.2, 0.25) is 0 Å². The molecule has 3 aliphatic rings. The third-order valence-electron chi connectivity index (χ3n) is 7.72. The summed E-state index contributed by atoms with van der Waals surface area (Å²) in [5.74, 6) is 2.46. The molecule has 1 aromatic heterocycles. The minimum atomic E-state index is 0. The van der Waals surface area contributed by atoms with Gasteiger partial charge in [0, 0.05) is 43.3 Å². The number of hydrogen-bond donors (Lipinski definition) is 0. The minimum Gasteiger partial charge on any atom is -0.486 e. The van der Waals surface area contributed by atoms with E-state index in [0.29, 0.717) is 18.9 Å². The molecule has 2 aromatic carbocycles. The number of amides is 1. The highest BCUT2D eigenvalue weighted by Gasteiger charge is 2.28. The lowest BCUT2D eigenvalue weighted by molar-refractivity contribution is -0.118. The maximum absolute atomic E-state index is 12.1. The molecular formula is C29H35N3O4. The van der Waals surface area contributed by atoms with Crippen molar-refractivity contribution < 1.29 is 19.7 Å². The Morgan fingerprint density at radius 2 is 2.00 bits per heavy atom. The fraction of sp³-hybridized carbons (Fsp3) is 0.448. The van der Waals surface area contributed by atoms with E-state index in [1.54, 1.807) is 0 Å². The van der Waals surface area contributed by atoms with Gasteiger partial charge in [-0.25, -0.2) is 0 Å². The van der Waals surface area contributed by atoms with Crippen LogP contribution in [0, 0.1) is 12.8 Å². The van der Waals surface area contributed by atoms with Gasteiger partial charge in [0.1, 0.15) is 12.7 Å². The second-order valence-electron chi connectivity index (χ2n) is 10.4. The molecule has 0 spiro atoms. The molecule has 0 radical (unpaired) electrons. The number of piperidine rings is 1. The van der Waals surface area contributed by atoms with Gasteiger partial charge in [-0.2, -0.15) is 0 Å². The normalized spacial score (nSPS) is 21.7. The van der Waals surface area contributed by atoms with Crippen LogP contribution in [0.4, 0.5) is 5.69 Å². The molecule has 190 valence electrons. The molecule has 6 rings (SSSR count). The average molecular weight is 490 g/mol. The molecule has 1 fully saturated rings. The van der Waals surface area contributed by atoms with Gasteiger partial charge in [-0.1, -0.05) is 12.1 Å². The van der Waals surface area contributed by atoms with Crippen LogP contribution in [0.3, 0.4) is 0 Å². The number of benzene rings is 2. The van der Waals surface area contributed by atoms with Gasteiger partial charge in [-0.3, -0.25) is 14.7 Å². The lowest BCUT2D eigenvalue weighted by Gasteiger charge is -2.36. The number of aryl methyl sites for hydroxylation is 2. The van der Waals surface area contributed by atoms with E-state index in [0.717, 1.165) is 66.3 Å². The summed E-state index contributed by atoms with van der Waals surface area (Å²) >= 11 is 0. The predicted molar refractivity (Wildman–Crippen MR) is 141 cm³/mol. The van der Waals surface area contributed by atoms with Crippen LogP contribution in [0.15, 0.2) is 42.5 Å². The van der Waals surface area contributed by atoms with Crippen molar-refractivity contribution in [2.75, 3.05) is 38.2 Å². The van der Waals surface area contributed by atoms with Crippen molar-refractivity contribution in [1.29, 1.82) is 0 Å². The maximum atomic E-state index is 12.1. The SMILES string of the molecule is Cc1ccc2c3c(ccc2n1)OC[C@H](CN1CCCC(Cc2ccc4c(c2)N(C)C(=O)CC4)C1)O3.O. The quantitative estimate of drug-likeness (QED) is 0.558. The molecule has 4 heterocycles. The Bertz CT molecular complexity index is 1280. The Balaban J connectivity index is 0.00000267. The first-order valence-electron chi connectivity index (χ1n) is 12.8. The van der Waals surface area contributed by atoms with E-state index < -0.39 is 0 Å². The summed E-state index contributed by atoms with van der Waals surface area (Å²) in [6.07, 6.45) is 4.97. The summed E-state index contributed by atoms with van der Waals surface area (Å²) in [5, 5.41) is 1.02. The molecular weight excluding hydrogens is 454 g/mol. The standard InChI is InChI=1S/C29H33N3O3.H2O/c1-19-5-9-24-25(30-19)10-11-27-29(24)35-23(18-34-27)17-32-13-3-4-21(16-32)14-20-6-7-22-8-12-28(33)31(2)26(22)15-20;/h5-7,9-11,15,21,23H,3-4,8,12-14,16-18H2,1-2H3;1H2/t21?,23-;/m0./s1. The largest absolute Gasteiger partial charge is 0.486 e. The van der Waals surface area contributed by atoms with Gasteiger partial charge in [-0.05, 0) is 86.5 Å². The van der Waals surface area contributed by atoms with Crippen molar-refractivity contribution in [3.05, 3.63) is 59.3 Å². The minimum absolute atomic E-state index is 0. The molecule has 1 amide bonds. The first-order chi connectivity index (χ1) is 17.0. The number of ether oxygens (including phenoxy) is 2. The molecule has 7 heteroatoms. The van der Waals surface area contributed by atoms with Crippen LogP contribution >= 0.6 is 0 Å². The predicted octanol–water partition coefficient (Wildman–Crippen LogP) is 3.72. The zero-order chi connectivity index (χ0) is 23.9. The Kier molecular flexibility index (Phi) is 6.86. The Morgan fingerprint density at radius 3 is 2.89 bits per heavy atom. The highest BCUT2D eigenvalue weighted by Crippen LogP contribution is 2.38. The summed E-state index contributed by atoms with van der Waals surface area (Å²) in [4.78, 5) is 21.2. The van der Waals surface area contributed by atoms with Gasteiger partial charge in [0.15, 0.2) is 11.5 Å². The summed E-state index contributed by atoms with van der Waals surface area (Å²) in [5.41, 5.74) is 5.66. The van der Waals surface area contributed by atoms with Gasteiger partial charge in [-0.15, -0.1) is 0 Å².